The molecule has 260 valence electrons. The molecule has 0 aliphatic carbocycles. The van der Waals surface area contributed by atoms with Crippen molar-refractivity contribution in [2.75, 3.05) is 29.6 Å². The van der Waals surface area contributed by atoms with Gasteiger partial charge < -0.3 is 20.1 Å². The zero-order valence-corrected chi connectivity index (χ0v) is 30.1. The molecule has 0 saturated carbocycles. The maximum Gasteiger partial charge on any atom is 0.420 e. The number of anilines is 3. The second-order valence-electron chi connectivity index (χ2n) is 14.0. The smallest absolute Gasteiger partial charge is 0.420 e. The number of carboxylic acid groups (broad SMARTS) is 1. The summed E-state index contributed by atoms with van der Waals surface area (Å²) < 4.78 is 37.6. The van der Waals surface area contributed by atoms with Crippen LogP contribution in [0.3, 0.4) is 0 Å². The first-order valence-corrected chi connectivity index (χ1v) is 18.3. The van der Waals surface area contributed by atoms with Gasteiger partial charge in [-0.1, -0.05) is 20.8 Å². The molecule has 5 rings (SSSR count). The van der Waals surface area contributed by atoms with Crippen molar-refractivity contribution in [2.24, 2.45) is 5.41 Å². The summed E-state index contributed by atoms with van der Waals surface area (Å²) in [6, 6.07) is 6.36. The SMILES string of the molecule is Cc1nc2ccc(N(C(=O)OC(C)(C)C)c3c(CCOS(C)(=O)=O)c(NC4CCCN(C(=O)O)[C@H]4C(C)(C)C)nc4ccnn34)cc2s1. The third kappa shape index (κ3) is 7.81. The molecule has 1 saturated heterocycles. The number of fused-ring (bicyclic) bond motifs is 2. The van der Waals surface area contributed by atoms with Crippen molar-refractivity contribution in [2.45, 2.75) is 85.4 Å². The van der Waals surface area contributed by atoms with Gasteiger partial charge in [0.15, 0.2) is 11.5 Å². The van der Waals surface area contributed by atoms with Crippen molar-refractivity contribution in [3.05, 3.63) is 41.0 Å². The second-order valence-corrected chi connectivity index (χ2v) is 16.9. The van der Waals surface area contributed by atoms with E-state index in [-0.39, 0.29) is 24.9 Å². The number of carbonyl (C=O) groups is 2. The second kappa shape index (κ2) is 13.1. The molecule has 48 heavy (non-hydrogen) atoms. The molecule has 3 aromatic heterocycles. The lowest BCUT2D eigenvalue weighted by molar-refractivity contribution is 0.0518. The molecule has 1 aliphatic rings. The molecular weight excluding hydrogens is 659 g/mol. The summed E-state index contributed by atoms with van der Waals surface area (Å²) in [7, 11) is -3.80. The molecule has 0 radical (unpaired) electrons. The number of likely N-dealkylation sites (tertiary alicyclic amines) is 1. The van der Waals surface area contributed by atoms with E-state index < -0.39 is 39.4 Å². The van der Waals surface area contributed by atoms with Gasteiger partial charge in [0.05, 0.1) is 46.0 Å². The lowest BCUT2D eigenvalue weighted by atomic mass is 9.77. The Hall–Kier alpha value is -4.02. The van der Waals surface area contributed by atoms with Crippen LogP contribution < -0.4 is 10.2 Å². The summed E-state index contributed by atoms with van der Waals surface area (Å²) in [6.45, 7) is 13.4. The van der Waals surface area contributed by atoms with Crippen LogP contribution in [-0.4, -0.2) is 87.3 Å². The molecule has 0 spiro atoms. The van der Waals surface area contributed by atoms with E-state index >= 15 is 0 Å². The number of thiazole rings is 1. The van der Waals surface area contributed by atoms with E-state index in [0.29, 0.717) is 42.1 Å². The zero-order valence-electron chi connectivity index (χ0n) is 28.5. The van der Waals surface area contributed by atoms with E-state index in [2.05, 4.69) is 15.4 Å². The van der Waals surface area contributed by atoms with Crippen LogP contribution in [0.1, 0.15) is 65.0 Å². The topological polar surface area (TPSA) is 169 Å². The first-order chi connectivity index (χ1) is 22.3. The number of nitrogens with one attached hydrogen (secondary N) is 1. The number of aryl methyl sites for hydroxylation is 1. The molecule has 2 N–H and O–H groups in total. The standard InChI is InChI=1S/C32H43N7O7S2/c1-19-34-22-12-11-20(18-24(22)47-19)38(30(42)46-32(5,6)7)28-21(14-17-45-48(8,43)44)27(36-25-13-15-33-39(25)28)35-23-10-9-16-37(29(40)41)26(23)31(2,3)4/h11-13,15,18,23,26H,9-10,14,16-17H2,1-8H3,(H,35,36)(H,40,41)/t23?,26-/m1/s1. The average molecular weight is 702 g/mol. The molecule has 2 atom stereocenters. The fourth-order valence-electron chi connectivity index (χ4n) is 6.23. The molecule has 16 heteroatoms. The van der Waals surface area contributed by atoms with E-state index in [1.807, 2.05) is 39.8 Å². The van der Waals surface area contributed by atoms with Crippen molar-refractivity contribution in [3.63, 3.8) is 0 Å². The molecule has 14 nitrogen and oxygen atoms in total. The molecule has 1 unspecified atom stereocenters. The number of rotatable bonds is 8. The number of nitrogens with zero attached hydrogens (tertiary/aromatic N) is 6. The maximum absolute atomic E-state index is 14.3. The van der Waals surface area contributed by atoms with Crippen LogP contribution in [0.2, 0.25) is 0 Å². The van der Waals surface area contributed by atoms with Crippen molar-refractivity contribution < 1.29 is 32.0 Å². The van der Waals surface area contributed by atoms with Gasteiger partial charge in [0, 0.05) is 30.6 Å². The highest BCUT2D eigenvalue weighted by Crippen LogP contribution is 2.39. The summed E-state index contributed by atoms with van der Waals surface area (Å²) in [6.07, 6.45) is 2.12. The summed E-state index contributed by atoms with van der Waals surface area (Å²) >= 11 is 1.48. The van der Waals surface area contributed by atoms with E-state index in [0.717, 1.165) is 21.5 Å². The number of benzene rings is 1. The van der Waals surface area contributed by atoms with Crippen molar-refractivity contribution >= 4 is 66.8 Å². The summed E-state index contributed by atoms with van der Waals surface area (Å²) in [5.41, 5.74) is 0.788. The Balaban J connectivity index is 1.75. The average Bonchev–Trinajstić information content (AvgIpc) is 3.57. The normalized spacial score (nSPS) is 17.5. The monoisotopic (exact) mass is 701 g/mol. The van der Waals surface area contributed by atoms with Gasteiger partial charge in [-0.05, 0) is 64.2 Å². The van der Waals surface area contributed by atoms with Crippen LogP contribution >= 0.6 is 11.3 Å². The number of aromatic nitrogens is 4. The van der Waals surface area contributed by atoms with Gasteiger partial charge >= 0.3 is 12.2 Å². The largest absolute Gasteiger partial charge is 0.465 e. The number of carbonyl (C=O) groups excluding carboxylic acids is 1. The molecule has 1 fully saturated rings. The number of amides is 2. The van der Waals surface area contributed by atoms with Gasteiger partial charge in [-0.15, -0.1) is 11.3 Å². The summed E-state index contributed by atoms with van der Waals surface area (Å²) in [4.78, 5) is 39.0. The third-order valence-electron chi connectivity index (χ3n) is 7.87. The lowest BCUT2D eigenvalue weighted by Crippen LogP contribution is -2.58. The Morgan fingerprint density at radius 2 is 1.88 bits per heavy atom. The zero-order chi connectivity index (χ0) is 35.2. The fraction of sp³-hybridized carbons (Fsp3) is 0.531. The minimum Gasteiger partial charge on any atom is -0.465 e. The molecule has 0 bridgehead atoms. The number of ether oxygens (including phenoxy) is 1. The highest BCUT2D eigenvalue weighted by atomic mass is 32.2. The van der Waals surface area contributed by atoms with Crippen LogP contribution in [0.5, 0.6) is 0 Å². The highest BCUT2D eigenvalue weighted by Gasteiger charge is 2.42. The van der Waals surface area contributed by atoms with Gasteiger partial charge in [-0.25, -0.2) is 24.5 Å². The molecule has 1 aliphatic heterocycles. The Labute approximate surface area is 284 Å². The van der Waals surface area contributed by atoms with Gasteiger partial charge in [-0.2, -0.15) is 18.0 Å². The van der Waals surface area contributed by atoms with Gasteiger partial charge in [0.2, 0.25) is 0 Å². The predicted octanol–water partition coefficient (Wildman–Crippen LogP) is 6.21. The van der Waals surface area contributed by atoms with E-state index in [4.69, 9.17) is 13.9 Å². The minimum atomic E-state index is -3.80. The van der Waals surface area contributed by atoms with Crippen molar-refractivity contribution in [3.8, 4) is 0 Å². The van der Waals surface area contributed by atoms with E-state index in [1.165, 1.54) is 25.7 Å². The van der Waals surface area contributed by atoms with Gasteiger partial charge in [-0.3, -0.25) is 4.18 Å². The lowest BCUT2D eigenvalue weighted by Gasteiger charge is -2.47. The maximum atomic E-state index is 14.3. The van der Waals surface area contributed by atoms with Crippen LogP contribution in [0.15, 0.2) is 30.5 Å². The van der Waals surface area contributed by atoms with Crippen LogP contribution in [0.25, 0.3) is 15.9 Å². The number of hydrogen-bond acceptors (Lipinski definition) is 11. The molecule has 4 heterocycles. The quantitative estimate of drug-likeness (QED) is 0.200. The number of hydrogen-bond donors (Lipinski definition) is 2. The highest BCUT2D eigenvalue weighted by molar-refractivity contribution is 7.85. The van der Waals surface area contributed by atoms with Gasteiger partial charge in [0.25, 0.3) is 10.1 Å². The fourth-order valence-corrected chi connectivity index (χ4v) is 7.48. The Morgan fingerprint density at radius 3 is 2.52 bits per heavy atom. The Bertz CT molecular complexity index is 1940. The third-order valence-corrected chi connectivity index (χ3v) is 9.39. The minimum absolute atomic E-state index is 0.00426. The Morgan fingerprint density at radius 1 is 1.15 bits per heavy atom. The molecule has 4 aromatic rings. The number of piperidine rings is 1. The molecule has 1 aromatic carbocycles. The van der Waals surface area contributed by atoms with E-state index in [1.54, 1.807) is 39.1 Å². The van der Waals surface area contributed by atoms with E-state index in [9.17, 15) is 23.1 Å². The first kappa shape index (κ1) is 35.3. The van der Waals surface area contributed by atoms with Crippen molar-refractivity contribution in [1.29, 1.82) is 0 Å². The van der Waals surface area contributed by atoms with Crippen LogP contribution in [0.4, 0.5) is 26.9 Å². The predicted molar refractivity (Wildman–Crippen MR) is 185 cm³/mol. The van der Waals surface area contributed by atoms with Crippen LogP contribution in [0, 0.1) is 12.3 Å². The van der Waals surface area contributed by atoms with Crippen molar-refractivity contribution in [1.82, 2.24) is 24.5 Å². The Kier molecular flexibility index (Phi) is 9.65. The summed E-state index contributed by atoms with van der Waals surface area (Å²) in [5.74, 6) is 0.627. The molecule has 2 amide bonds. The van der Waals surface area contributed by atoms with Crippen LogP contribution in [-0.2, 0) is 25.5 Å². The molecular formula is C32H43N7O7S2. The first-order valence-electron chi connectivity index (χ1n) is 15.7. The summed E-state index contributed by atoms with van der Waals surface area (Å²) in [5, 5.41) is 19.1. The van der Waals surface area contributed by atoms with Gasteiger partial charge in [0.1, 0.15) is 11.4 Å².